The van der Waals surface area contributed by atoms with Gasteiger partial charge in [-0.05, 0) is 59.9 Å². The Labute approximate surface area is 226 Å². The monoisotopic (exact) mass is 541 g/mol. The summed E-state index contributed by atoms with van der Waals surface area (Å²) < 4.78 is 47.9. The summed E-state index contributed by atoms with van der Waals surface area (Å²) in [6, 6.07) is 14.5. The van der Waals surface area contributed by atoms with Gasteiger partial charge in [-0.2, -0.15) is 0 Å². The number of benzene rings is 3. The van der Waals surface area contributed by atoms with Crippen molar-refractivity contribution in [1.82, 2.24) is 10.6 Å². The standard InChI is InChI=1S/C30H34F3N3O3/c1-2-20-4-3-5-21(12-20)18-34-19-29(37)27(15-22-13-24(31)17-25(32)14-22)35-30(38)23-6-7-28(26(33)16-23)36-8-10-39-11-9-36/h3-7,12-14,16-17,27,29,34,37H,2,8-11,15,18-19H2,1H3,(H,35,38)/t27-,29+/m0/s1. The Kier molecular flexibility index (Phi) is 9.97. The molecular weight excluding hydrogens is 507 g/mol. The van der Waals surface area contributed by atoms with Gasteiger partial charge in [0.25, 0.3) is 5.91 Å². The van der Waals surface area contributed by atoms with Gasteiger partial charge >= 0.3 is 0 Å². The van der Waals surface area contributed by atoms with Crippen LogP contribution in [0.15, 0.2) is 60.7 Å². The third kappa shape index (κ3) is 8.05. The van der Waals surface area contributed by atoms with Crippen LogP contribution in [0.4, 0.5) is 18.9 Å². The number of halogens is 3. The first-order chi connectivity index (χ1) is 18.8. The lowest BCUT2D eigenvalue weighted by Gasteiger charge is -2.29. The average molecular weight is 542 g/mol. The number of hydrogen-bond donors (Lipinski definition) is 3. The van der Waals surface area contributed by atoms with E-state index in [0.717, 1.165) is 36.2 Å². The van der Waals surface area contributed by atoms with Gasteiger partial charge in [-0.1, -0.05) is 31.2 Å². The minimum Gasteiger partial charge on any atom is -0.390 e. The van der Waals surface area contributed by atoms with E-state index in [9.17, 15) is 23.1 Å². The second kappa shape index (κ2) is 13.6. The number of amides is 1. The zero-order valence-corrected chi connectivity index (χ0v) is 21.9. The number of aliphatic hydroxyl groups excluding tert-OH is 1. The van der Waals surface area contributed by atoms with Crippen LogP contribution < -0.4 is 15.5 Å². The number of carbonyl (C=O) groups excluding carboxylic acids is 1. The van der Waals surface area contributed by atoms with E-state index in [0.29, 0.717) is 38.5 Å². The normalized spacial score (nSPS) is 15.2. The van der Waals surface area contributed by atoms with Crippen LogP contribution in [0, 0.1) is 17.5 Å². The number of nitrogens with zero attached hydrogens (tertiary/aromatic N) is 1. The SMILES string of the molecule is CCc1cccc(CNC[C@@H](O)[C@H](Cc2cc(F)cc(F)c2)NC(=O)c2ccc(N3CCOCC3)c(F)c2)c1. The number of ether oxygens (including phenoxy) is 1. The van der Waals surface area contributed by atoms with E-state index in [-0.39, 0.29) is 24.1 Å². The Hall–Kier alpha value is -3.40. The van der Waals surface area contributed by atoms with Gasteiger partial charge < -0.3 is 25.4 Å². The van der Waals surface area contributed by atoms with Gasteiger partial charge in [-0.15, -0.1) is 0 Å². The highest BCUT2D eigenvalue weighted by Gasteiger charge is 2.24. The third-order valence-corrected chi connectivity index (χ3v) is 6.80. The summed E-state index contributed by atoms with van der Waals surface area (Å²) in [5.74, 6) is -2.64. The molecule has 2 atom stereocenters. The quantitative estimate of drug-likeness (QED) is 0.342. The molecule has 3 N–H and O–H groups in total. The molecular formula is C30H34F3N3O3. The number of nitrogens with one attached hydrogen (secondary N) is 2. The molecule has 3 aromatic rings. The van der Waals surface area contributed by atoms with Crippen molar-refractivity contribution < 1.29 is 27.8 Å². The van der Waals surface area contributed by atoms with Crippen LogP contribution in [-0.2, 0) is 24.1 Å². The Balaban J connectivity index is 1.46. The number of hydrogen-bond acceptors (Lipinski definition) is 5. The summed E-state index contributed by atoms with van der Waals surface area (Å²) in [5, 5.41) is 16.9. The number of aryl methyl sites for hydroxylation is 1. The minimum atomic E-state index is -1.09. The number of anilines is 1. The first-order valence-corrected chi connectivity index (χ1v) is 13.2. The van der Waals surface area contributed by atoms with Crippen molar-refractivity contribution >= 4 is 11.6 Å². The summed E-state index contributed by atoms with van der Waals surface area (Å²) in [6.45, 7) is 4.78. The molecule has 0 aromatic heterocycles. The van der Waals surface area contributed by atoms with Crippen molar-refractivity contribution in [1.29, 1.82) is 0 Å². The molecule has 1 saturated heterocycles. The first kappa shape index (κ1) is 28.6. The van der Waals surface area contributed by atoms with E-state index in [1.807, 2.05) is 23.1 Å². The Morgan fingerprint density at radius 2 is 1.69 bits per heavy atom. The van der Waals surface area contributed by atoms with Gasteiger partial charge in [-0.25, -0.2) is 13.2 Å². The largest absolute Gasteiger partial charge is 0.390 e. The molecule has 0 aliphatic carbocycles. The lowest BCUT2D eigenvalue weighted by Crippen LogP contribution is -2.48. The van der Waals surface area contributed by atoms with Gasteiger partial charge in [0.15, 0.2) is 0 Å². The Bertz CT molecular complexity index is 1250. The van der Waals surface area contributed by atoms with Gasteiger partial charge in [0, 0.05) is 37.8 Å². The maximum Gasteiger partial charge on any atom is 0.251 e. The molecule has 0 radical (unpaired) electrons. The van der Waals surface area contributed by atoms with E-state index in [4.69, 9.17) is 4.74 Å². The van der Waals surface area contributed by atoms with Crippen molar-refractivity contribution in [3.8, 4) is 0 Å². The average Bonchev–Trinajstić information content (AvgIpc) is 2.92. The summed E-state index contributed by atoms with van der Waals surface area (Å²) in [4.78, 5) is 15.0. The topological polar surface area (TPSA) is 73.8 Å². The molecule has 1 heterocycles. The second-order valence-electron chi connectivity index (χ2n) is 9.70. The highest BCUT2D eigenvalue weighted by Crippen LogP contribution is 2.22. The number of carbonyl (C=O) groups is 1. The van der Waals surface area contributed by atoms with Crippen LogP contribution in [0.5, 0.6) is 0 Å². The fraction of sp³-hybridized carbons (Fsp3) is 0.367. The summed E-state index contributed by atoms with van der Waals surface area (Å²) >= 11 is 0. The molecule has 0 unspecified atom stereocenters. The second-order valence-corrected chi connectivity index (χ2v) is 9.70. The predicted octanol–water partition coefficient (Wildman–Crippen LogP) is 3.99. The summed E-state index contributed by atoms with van der Waals surface area (Å²) in [5.41, 5.74) is 2.99. The lowest BCUT2D eigenvalue weighted by molar-refractivity contribution is 0.0829. The molecule has 6 nitrogen and oxygen atoms in total. The first-order valence-electron chi connectivity index (χ1n) is 13.2. The molecule has 39 heavy (non-hydrogen) atoms. The smallest absolute Gasteiger partial charge is 0.251 e. The van der Waals surface area contributed by atoms with Crippen LogP contribution in [0.3, 0.4) is 0 Å². The molecule has 0 spiro atoms. The van der Waals surface area contributed by atoms with Gasteiger partial charge in [0.2, 0.25) is 0 Å². The summed E-state index contributed by atoms with van der Waals surface area (Å²) in [7, 11) is 0. The molecule has 3 aromatic carbocycles. The van der Waals surface area contributed by atoms with Crippen molar-refractivity contribution in [3.05, 3.63) is 100 Å². The number of rotatable bonds is 11. The molecule has 0 saturated carbocycles. The van der Waals surface area contributed by atoms with Crippen molar-refractivity contribution in [2.75, 3.05) is 37.7 Å². The number of morpholine rings is 1. The maximum absolute atomic E-state index is 14.9. The van der Waals surface area contributed by atoms with Gasteiger partial charge in [0.05, 0.1) is 31.0 Å². The maximum atomic E-state index is 14.9. The van der Waals surface area contributed by atoms with Crippen molar-refractivity contribution in [3.63, 3.8) is 0 Å². The van der Waals surface area contributed by atoms with E-state index in [2.05, 4.69) is 23.6 Å². The Morgan fingerprint density at radius 1 is 0.974 bits per heavy atom. The third-order valence-electron chi connectivity index (χ3n) is 6.80. The predicted molar refractivity (Wildman–Crippen MR) is 144 cm³/mol. The van der Waals surface area contributed by atoms with E-state index in [1.54, 1.807) is 6.07 Å². The zero-order chi connectivity index (χ0) is 27.8. The molecule has 1 aliphatic heterocycles. The molecule has 1 aliphatic rings. The zero-order valence-electron chi connectivity index (χ0n) is 21.9. The van der Waals surface area contributed by atoms with E-state index in [1.165, 1.54) is 11.6 Å². The fourth-order valence-electron chi connectivity index (χ4n) is 4.69. The van der Waals surface area contributed by atoms with Crippen LogP contribution in [0.25, 0.3) is 0 Å². The minimum absolute atomic E-state index is 0.0249. The number of aliphatic hydroxyl groups is 1. The van der Waals surface area contributed by atoms with Crippen LogP contribution >= 0.6 is 0 Å². The van der Waals surface area contributed by atoms with Crippen LogP contribution in [0.1, 0.15) is 34.0 Å². The molecule has 0 bridgehead atoms. The highest BCUT2D eigenvalue weighted by atomic mass is 19.1. The molecule has 208 valence electrons. The van der Waals surface area contributed by atoms with E-state index < -0.39 is 35.5 Å². The van der Waals surface area contributed by atoms with Crippen LogP contribution in [0.2, 0.25) is 0 Å². The van der Waals surface area contributed by atoms with E-state index >= 15 is 0 Å². The van der Waals surface area contributed by atoms with Crippen LogP contribution in [-0.4, -0.2) is 56.0 Å². The van der Waals surface area contributed by atoms with Gasteiger partial charge in [-0.3, -0.25) is 4.79 Å². The lowest BCUT2D eigenvalue weighted by atomic mass is 10.00. The molecule has 9 heteroatoms. The van der Waals surface area contributed by atoms with Crippen molar-refractivity contribution in [2.45, 2.75) is 38.5 Å². The molecule has 1 amide bonds. The summed E-state index contributed by atoms with van der Waals surface area (Å²) in [6.07, 6.45) is -0.210. The fourth-order valence-corrected chi connectivity index (χ4v) is 4.69. The highest BCUT2D eigenvalue weighted by molar-refractivity contribution is 5.94. The Morgan fingerprint density at radius 3 is 2.38 bits per heavy atom. The molecule has 4 rings (SSSR count). The molecule has 1 fully saturated rings. The van der Waals surface area contributed by atoms with Gasteiger partial charge in [0.1, 0.15) is 17.5 Å². The van der Waals surface area contributed by atoms with Crippen molar-refractivity contribution in [2.24, 2.45) is 0 Å².